The number of carbonyl (C=O) groups excluding carboxylic acids is 1. The molecule has 28 heavy (non-hydrogen) atoms. The molecule has 1 fully saturated rings. The predicted molar refractivity (Wildman–Crippen MR) is 106 cm³/mol. The lowest BCUT2D eigenvalue weighted by molar-refractivity contribution is -0.114. The minimum atomic E-state index is -3.19. The van der Waals surface area contributed by atoms with E-state index in [0.29, 0.717) is 23.7 Å². The molecule has 1 saturated heterocycles. The van der Waals surface area contributed by atoms with Crippen molar-refractivity contribution in [1.82, 2.24) is 14.7 Å². The number of hydrogen-bond acceptors (Lipinski definition) is 6. The molecule has 9 heteroatoms. The van der Waals surface area contributed by atoms with Crippen LogP contribution in [-0.4, -0.2) is 61.6 Å². The fourth-order valence-corrected chi connectivity index (χ4v) is 4.22. The van der Waals surface area contributed by atoms with Crippen molar-refractivity contribution in [1.29, 1.82) is 0 Å². The number of methoxy groups -OCH3 is 1. The van der Waals surface area contributed by atoms with E-state index in [2.05, 4.69) is 15.3 Å². The van der Waals surface area contributed by atoms with E-state index >= 15 is 0 Å². The van der Waals surface area contributed by atoms with Crippen molar-refractivity contribution in [3.8, 4) is 0 Å². The molecule has 1 N–H and O–H groups in total. The molecular formula is C19H26N4O4S. The van der Waals surface area contributed by atoms with E-state index in [1.807, 2.05) is 23.0 Å². The highest BCUT2D eigenvalue weighted by Gasteiger charge is 2.33. The van der Waals surface area contributed by atoms with Gasteiger partial charge in [0.05, 0.1) is 29.4 Å². The maximum atomic E-state index is 11.6. The zero-order chi connectivity index (χ0) is 20.3. The number of sulfone groups is 1. The highest BCUT2D eigenvalue weighted by molar-refractivity contribution is 7.90. The van der Waals surface area contributed by atoms with Crippen LogP contribution < -0.4 is 5.32 Å². The number of amides is 1. The Morgan fingerprint density at radius 3 is 2.64 bits per heavy atom. The summed E-state index contributed by atoms with van der Waals surface area (Å²) in [6.45, 7) is 3.58. The normalized spacial score (nSPS) is 20.4. The van der Waals surface area contributed by atoms with Crippen LogP contribution in [0.2, 0.25) is 0 Å². The summed E-state index contributed by atoms with van der Waals surface area (Å²) in [4.78, 5) is 13.9. The molecule has 1 aliphatic heterocycles. The Morgan fingerprint density at radius 2 is 2.04 bits per heavy atom. The second-order valence-electron chi connectivity index (χ2n) is 7.23. The van der Waals surface area contributed by atoms with Crippen LogP contribution >= 0.6 is 0 Å². The first-order valence-electron chi connectivity index (χ1n) is 9.10. The number of nitrogens with zero attached hydrogens (tertiary/aromatic N) is 3. The highest BCUT2D eigenvalue weighted by atomic mass is 32.2. The van der Waals surface area contributed by atoms with Gasteiger partial charge in [-0.25, -0.2) is 8.42 Å². The monoisotopic (exact) mass is 406 g/mol. The Hall–Kier alpha value is -2.23. The number of aromatic nitrogens is 2. The topological polar surface area (TPSA) is 93.5 Å². The summed E-state index contributed by atoms with van der Waals surface area (Å²) in [6, 6.07) is 7.43. The quantitative estimate of drug-likeness (QED) is 0.752. The second kappa shape index (κ2) is 8.42. The van der Waals surface area contributed by atoms with Crippen molar-refractivity contribution < 1.29 is 17.9 Å². The maximum Gasteiger partial charge on any atom is 0.221 e. The van der Waals surface area contributed by atoms with Gasteiger partial charge in [-0.3, -0.25) is 14.4 Å². The van der Waals surface area contributed by atoms with Gasteiger partial charge in [0.25, 0.3) is 0 Å². The zero-order valence-electron chi connectivity index (χ0n) is 16.3. The van der Waals surface area contributed by atoms with Crippen molar-refractivity contribution in [2.75, 3.05) is 31.8 Å². The van der Waals surface area contributed by atoms with Gasteiger partial charge in [-0.05, 0) is 24.1 Å². The van der Waals surface area contributed by atoms with E-state index in [-0.39, 0.29) is 18.0 Å². The molecule has 1 aromatic heterocycles. The number of nitrogens with one attached hydrogen (secondary N) is 1. The van der Waals surface area contributed by atoms with Gasteiger partial charge in [-0.1, -0.05) is 12.1 Å². The van der Waals surface area contributed by atoms with E-state index in [1.165, 1.54) is 13.2 Å². The van der Waals surface area contributed by atoms with Crippen molar-refractivity contribution in [3.05, 3.63) is 42.2 Å². The van der Waals surface area contributed by atoms with Gasteiger partial charge in [0.2, 0.25) is 5.91 Å². The van der Waals surface area contributed by atoms with E-state index in [9.17, 15) is 13.2 Å². The fraction of sp³-hybridized carbons (Fsp3) is 0.474. The Morgan fingerprint density at radius 1 is 1.32 bits per heavy atom. The van der Waals surface area contributed by atoms with Gasteiger partial charge in [-0.2, -0.15) is 5.10 Å². The first kappa shape index (κ1) is 20.5. The molecule has 0 bridgehead atoms. The molecular weight excluding hydrogens is 380 g/mol. The number of carbonyl (C=O) groups is 1. The van der Waals surface area contributed by atoms with Crippen LogP contribution in [0.1, 0.15) is 24.9 Å². The van der Waals surface area contributed by atoms with Gasteiger partial charge in [0, 0.05) is 45.6 Å². The standard InChI is InChI=1S/C19H26N4O4S/c1-14(24)21-16-9-20-23(11-16)17-8-18(13-27-2)22(12-17)10-15-4-6-19(7-5-15)28(3,25)26/h4-7,9,11,17-18H,8,10,12-13H2,1-3H3,(H,21,24)/t17-,18-/m0/s1. The van der Waals surface area contributed by atoms with Crippen molar-refractivity contribution >= 4 is 21.4 Å². The number of anilines is 1. The van der Waals surface area contributed by atoms with Gasteiger partial charge in [0.15, 0.2) is 9.84 Å². The molecule has 2 heterocycles. The van der Waals surface area contributed by atoms with Gasteiger partial charge >= 0.3 is 0 Å². The Labute approximate surface area is 165 Å². The van der Waals surface area contributed by atoms with Crippen molar-refractivity contribution in [3.63, 3.8) is 0 Å². The third-order valence-electron chi connectivity index (χ3n) is 4.90. The van der Waals surface area contributed by atoms with Crippen molar-refractivity contribution in [2.45, 2.75) is 36.9 Å². The number of ether oxygens (including phenoxy) is 1. The van der Waals surface area contributed by atoms with E-state index in [4.69, 9.17) is 4.74 Å². The average molecular weight is 407 g/mol. The minimum absolute atomic E-state index is 0.123. The van der Waals surface area contributed by atoms with Crippen LogP contribution in [0.15, 0.2) is 41.6 Å². The first-order valence-corrected chi connectivity index (χ1v) is 11.0. The lowest BCUT2D eigenvalue weighted by atomic mass is 10.1. The summed E-state index contributed by atoms with van der Waals surface area (Å²) in [6.07, 6.45) is 5.59. The van der Waals surface area contributed by atoms with Crippen LogP contribution in [0.25, 0.3) is 0 Å². The number of likely N-dealkylation sites (tertiary alicyclic amines) is 1. The summed E-state index contributed by atoms with van der Waals surface area (Å²) in [5.74, 6) is -0.123. The molecule has 0 radical (unpaired) electrons. The molecule has 0 spiro atoms. The molecule has 1 amide bonds. The average Bonchev–Trinajstić information content (AvgIpc) is 3.22. The fourth-order valence-electron chi connectivity index (χ4n) is 3.59. The molecule has 1 aromatic carbocycles. The number of benzene rings is 1. The third kappa shape index (κ3) is 4.98. The van der Waals surface area contributed by atoms with Crippen LogP contribution in [0, 0.1) is 0 Å². The summed E-state index contributed by atoms with van der Waals surface area (Å²) < 4.78 is 30.5. The summed E-state index contributed by atoms with van der Waals surface area (Å²) in [7, 11) is -1.50. The van der Waals surface area contributed by atoms with Gasteiger partial charge in [0.1, 0.15) is 0 Å². The molecule has 0 unspecified atom stereocenters. The Balaban J connectivity index is 1.71. The lowest BCUT2D eigenvalue weighted by Gasteiger charge is -2.23. The molecule has 0 aliphatic carbocycles. The molecule has 2 aromatic rings. The van der Waals surface area contributed by atoms with E-state index in [1.54, 1.807) is 25.4 Å². The summed E-state index contributed by atoms with van der Waals surface area (Å²) in [5.41, 5.74) is 1.74. The lowest BCUT2D eigenvalue weighted by Crippen LogP contribution is -2.32. The second-order valence-corrected chi connectivity index (χ2v) is 9.25. The molecule has 2 atom stereocenters. The van der Waals surface area contributed by atoms with Gasteiger partial charge < -0.3 is 10.1 Å². The van der Waals surface area contributed by atoms with Crippen LogP contribution in [0.4, 0.5) is 5.69 Å². The molecule has 3 rings (SSSR count). The summed E-state index contributed by atoms with van der Waals surface area (Å²) >= 11 is 0. The minimum Gasteiger partial charge on any atom is -0.383 e. The maximum absolute atomic E-state index is 11.6. The predicted octanol–water partition coefficient (Wildman–Crippen LogP) is 1.71. The van der Waals surface area contributed by atoms with Crippen LogP contribution in [0.3, 0.4) is 0 Å². The zero-order valence-corrected chi connectivity index (χ0v) is 17.1. The Bertz CT molecular complexity index is 924. The third-order valence-corrected chi connectivity index (χ3v) is 6.03. The van der Waals surface area contributed by atoms with Crippen molar-refractivity contribution in [2.24, 2.45) is 0 Å². The van der Waals surface area contributed by atoms with Crippen LogP contribution in [0.5, 0.6) is 0 Å². The SMILES string of the molecule is COC[C@@H]1C[C@H](n2cc(NC(C)=O)cn2)CN1Cc1ccc(S(C)(=O)=O)cc1. The number of hydrogen-bond donors (Lipinski definition) is 1. The van der Waals surface area contributed by atoms with Crippen LogP contribution in [-0.2, 0) is 25.9 Å². The number of rotatable bonds is 7. The highest BCUT2D eigenvalue weighted by Crippen LogP contribution is 2.29. The van der Waals surface area contributed by atoms with E-state index in [0.717, 1.165) is 18.5 Å². The molecule has 152 valence electrons. The first-order chi connectivity index (χ1) is 13.3. The Kier molecular flexibility index (Phi) is 6.17. The largest absolute Gasteiger partial charge is 0.383 e. The molecule has 0 saturated carbocycles. The van der Waals surface area contributed by atoms with Gasteiger partial charge in [-0.15, -0.1) is 0 Å². The van der Waals surface area contributed by atoms with E-state index < -0.39 is 9.84 Å². The molecule has 1 aliphatic rings. The molecule has 8 nitrogen and oxygen atoms in total. The summed E-state index contributed by atoms with van der Waals surface area (Å²) in [5, 5.41) is 7.14. The smallest absolute Gasteiger partial charge is 0.221 e.